The highest BCUT2D eigenvalue weighted by atomic mass is 16.3. The first-order chi connectivity index (χ1) is 7.23. The van der Waals surface area contributed by atoms with Gasteiger partial charge in [-0.25, -0.2) is 0 Å². The van der Waals surface area contributed by atoms with Gasteiger partial charge < -0.3 is 5.11 Å². The molecule has 1 nitrogen and oxygen atoms in total. The highest BCUT2D eigenvalue weighted by Gasteiger charge is 2.80. The number of aliphatic hydroxyl groups is 1. The number of rotatable bonds is 1. The van der Waals surface area contributed by atoms with Crippen molar-refractivity contribution < 1.29 is 5.11 Å². The normalized spacial score (nSPS) is 77.2. The lowest BCUT2D eigenvalue weighted by molar-refractivity contribution is -0.0599. The van der Waals surface area contributed by atoms with Crippen LogP contribution in [0.3, 0.4) is 0 Å². The van der Waals surface area contributed by atoms with E-state index in [0.717, 1.165) is 41.4 Å². The predicted molar refractivity (Wildman–Crippen MR) is 57.0 cm³/mol. The molecular weight excluding hydrogens is 184 g/mol. The van der Waals surface area contributed by atoms with E-state index in [0.29, 0.717) is 5.41 Å². The molecule has 0 saturated heterocycles. The molecule has 1 N–H and O–H groups in total. The van der Waals surface area contributed by atoms with Crippen molar-refractivity contribution in [3.63, 3.8) is 0 Å². The minimum absolute atomic E-state index is 0.0882. The van der Waals surface area contributed by atoms with Crippen LogP contribution in [0.5, 0.6) is 0 Å². The van der Waals surface area contributed by atoms with Gasteiger partial charge in [-0.3, -0.25) is 0 Å². The first-order valence-corrected chi connectivity index (χ1v) is 6.91. The van der Waals surface area contributed by atoms with E-state index in [1.165, 1.54) is 25.7 Å². The minimum atomic E-state index is 0.0882. The number of aliphatic hydroxyl groups excluding tert-OH is 1. The van der Waals surface area contributed by atoms with Gasteiger partial charge in [-0.1, -0.05) is 6.92 Å². The van der Waals surface area contributed by atoms with E-state index in [9.17, 15) is 5.11 Å². The van der Waals surface area contributed by atoms with E-state index >= 15 is 0 Å². The summed E-state index contributed by atoms with van der Waals surface area (Å²) in [5.74, 6) is 6.78. The molecule has 0 aromatic carbocycles. The summed E-state index contributed by atoms with van der Waals surface area (Å²) in [4.78, 5) is 0. The largest absolute Gasteiger partial charge is 0.393 e. The van der Waals surface area contributed by atoms with Crippen LogP contribution in [0.2, 0.25) is 0 Å². The molecule has 0 aromatic heterocycles. The van der Waals surface area contributed by atoms with Crippen LogP contribution in [0, 0.1) is 46.8 Å². The fourth-order valence-corrected chi connectivity index (χ4v) is 6.25. The summed E-state index contributed by atoms with van der Waals surface area (Å²) in [6.45, 7) is 2.42. The van der Waals surface area contributed by atoms with Crippen LogP contribution in [0.25, 0.3) is 0 Å². The molecule has 0 aliphatic heterocycles. The molecule has 0 radical (unpaired) electrons. The monoisotopic (exact) mass is 204 g/mol. The fourth-order valence-electron chi connectivity index (χ4n) is 6.25. The molecule has 82 valence electrons. The van der Waals surface area contributed by atoms with Gasteiger partial charge >= 0.3 is 0 Å². The van der Waals surface area contributed by atoms with Crippen molar-refractivity contribution in [1.82, 2.24) is 0 Å². The van der Waals surface area contributed by atoms with E-state index in [1.807, 2.05) is 0 Å². The van der Waals surface area contributed by atoms with Gasteiger partial charge in [0.05, 0.1) is 6.10 Å². The van der Waals surface area contributed by atoms with Gasteiger partial charge in [-0.05, 0) is 72.5 Å². The lowest BCUT2D eigenvalue weighted by Gasteiger charge is -2.45. The van der Waals surface area contributed by atoms with Crippen molar-refractivity contribution in [1.29, 1.82) is 0 Å². The average molecular weight is 204 g/mol. The van der Waals surface area contributed by atoms with E-state index in [1.54, 1.807) is 0 Å². The molecule has 1 heteroatoms. The summed E-state index contributed by atoms with van der Waals surface area (Å²) < 4.78 is 0. The van der Waals surface area contributed by atoms with Crippen molar-refractivity contribution in [2.45, 2.75) is 38.7 Å². The Morgan fingerprint density at radius 3 is 2.53 bits per heavy atom. The first kappa shape index (κ1) is 8.11. The molecule has 6 saturated carbocycles. The second kappa shape index (κ2) is 2.03. The van der Waals surface area contributed by atoms with E-state index in [4.69, 9.17) is 0 Å². The molecular formula is C14H20O. The minimum Gasteiger partial charge on any atom is -0.393 e. The topological polar surface area (TPSA) is 20.2 Å². The standard InChI is InChI=1S/C14H20O/c1-6-2-10(6)14-5-11(14)8-4-12(15)13(14)9-3-7(8)9/h6-13,15H,2-5H2,1H3. The molecule has 6 aliphatic rings. The molecule has 15 heavy (non-hydrogen) atoms. The number of hydrogen-bond donors (Lipinski definition) is 1. The second-order valence-corrected chi connectivity index (χ2v) is 7.30. The highest BCUT2D eigenvalue weighted by molar-refractivity contribution is 5.28. The van der Waals surface area contributed by atoms with E-state index in [2.05, 4.69) is 6.92 Å². The van der Waals surface area contributed by atoms with Crippen LogP contribution in [0.4, 0.5) is 0 Å². The maximum absolute atomic E-state index is 10.3. The summed E-state index contributed by atoms with van der Waals surface area (Å²) in [6.07, 6.45) is 5.71. The zero-order valence-corrected chi connectivity index (χ0v) is 9.39. The zero-order valence-electron chi connectivity index (χ0n) is 9.39. The Kier molecular flexibility index (Phi) is 1.10. The van der Waals surface area contributed by atoms with Crippen LogP contribution in [0.1, 0.15) is 32.6 Å². The molecule has 9 unspecified atom stereocenters. The lowest BCUT2D eigenvalue weighted by Crippen LogP contribution is -2.46. The Morgan fingerprint density at radius 2 is 1.80 bits per heavy atom. The average Bonchev–Trinajstić information content (AvgIpc) is 3.03. The molecule has 0 amide bonds. The zero-order chi connectivity index (χ0) is 9.95. The lowest BCUT2D eigenvalue weighted by atomic mass is 9.61. The smallest absolute Gasteiger partial charge is 0.0579 e. The van der Waals surface area contributed by atoms with Crippen molar-refractivity contribution in [2.24, 2.45) is 46.8 Å². The quantitative estimate of drug-likeness (QED) is 0.695. The van der Waals surface area contributed by atoms with Crippen LogP contribution in [-0.2, 0) is 0 Å². The van der Waals surface area contributed by atoms with Gasteiger partial charge in [0.15, 0.2) is 0 Å². The maximum Gasteiger partial charge on any atom is 0.0579 e. The van der Waals surface area contributed by atoms with Gasteiger partial charge in [0.1, 0.15) is 0 Å². The van der Waals surface area contributed by atoms with Gasteiger partial charge in [-0.2, -0.15) is 0 Å². The SMILES string of the molecule is CC1CC1C12CC1C1CC(O)C2C2CC12. The molecule has 0 spiro atoms. The molecule has 6 rings (SSSR count). The Hall–Kier alpha value is -0.0400. The summed E-state index contributed by atoms with van der Waals surface area (Å²) in [6, 6.07) is 0. The van der Waals surface area contributed by atoms with Crippen LogP contribution in [-0.4, -0.2) is 11.2 Å². The summed E-state index contributed by atoms with van der Waals surface area (Å²) in [7, 11) is 0. The predicted octanol–water partition coefficient (Wildman–Crippen LogP) is 2.30. The van der Waals surface area contributed by atoms with Crippen molar-refractivity contribution in [3.8, 4) is 0 Å². The number of hydrogen-bond acceptors (Lipinski definition) is 1. The maximum atomic E-state index is 10.3. The second-order valence-electron chi connectivity index (χ2n) is 7.30. The van der Waals surface area contributed by atoms with Crippen molar-refractivity contribution in [2.75, 3.05) is 0 Å². The first-order valence-electron chi connectivity index (χ1n) is 6.91. The third-order valence-electron chi connectivity index (χ3n) is 6.87. The van der Waals surface area contributed by atoms with Crippen LogP contribution >= 0.6 is 0 Å². The third kappa shape index (κ3) is 0.712. The van der Waals surface area contributed by atoms with Gasteiger partial charge in [0.25, 0.3) is 0 Å². The Balaban J connectivity index is 1.60. The fraction of sp³-hybridized carbons (Fsp3) is 1.00. The van der Waals surface area contributed by atoms with Crippen LogP contribution < -0.4 is 0 Å². The molecule has 0 aromatic rings. The summed E-state index contributed by atoms with van der Waals surface area (Å²) in [5.41, 5.74) is 0.680. The molecule has 2 bridgehead atoms. The molecule has 6 fully saturated rings. The van der Waals surface area contributed by atoms with Crippen molar-refractivity contribution in [3.05, 3.63) is 0 Å². The van der Waals surface area contributed by atoms with Crippen LogP contribution in [0.15, 0.2) is 0 Å². The van der Waals surface area contributed by atoms with Gasteiger partial charge in [0.2, 0.25) is 0 Å². The Labute approximate surface area is 91.2 Å². The van der Waals surface area contributed by atoms with E-state index < -0.39 is 0 Å². The number of fused-ring (bicyclic) bond motifs is 1. The Morgan fingerprint density at radius 1 is 1.00 bits per heavy atom. The van der Waals surface area contributed by atoms with Crippen molar-refractivity contribution >= 4 is 0 Å². The highest BCUT2D eigenvalue weighted by Crippen LogP contribution is 2.85. The van der Waals surface area contributed by atoms with E-state index in [-0.39, 0.29) is 6.10 Å². The third-order valence-corrected chi connectivity index (χ3v) is 6.87. The summed E-state index contributed by atoms with van der Waals surface area (Å²) >= 11 is 0. The van der Waals surface area contributed by atoms with Gasteiger partial charge in [-0.15, -0.1) is 0 Å². The molecule has 6 aliphatic carbocycles. The molecule has 9 atom stereocenters. The molecule has 0 heterocycles. The van der Waals surface area contributed by atoms with Gasteiger partial charge in [0, 0.05) is 0 Å². The summed E-state index contributed by atoms with van der Waals surface area (Å²) in [5, 5.41) is 10.3. The Bertz CT molecular complexity index is 349.